The van der Waals surface area contributed by atoms with Crippen LogP contribution >= 0.6 is 23.2 Å². The average Bonchev–Trinajstić information content (AvgIpc) is 3.18. The van der Waals surface area contributed by atoms with Crippen LogP contribution in [0.5, 0.6) is 5.75 Å². The van der Waals surface area contributed by atoms with Gasteiger partial charge in [0.05, 0.1) is 34.1 Å². The third-order valence-corrected chi connectivity index (χ3v) is 6.38. The first-order valence-corrected chi connectivity index (χ1v) is 11.1. The SMILES string of the molecule is NCc1cnn2ccc(OCCCCN3CCN(c4cccc(Cl)c4Cl)CC3)cc12. The van der Waals surface area contributed by atoms with Gasteiger partial charge in [0.25, 0.3) is 0 Å². The molecule has 1 aromatic carbocycles. The van der Waals surface area contributed by atoms with Crippen LogP contribution in [0.25, 0.3) is 5.52 Å². The summed E-state index contributed by atoms with van der Waals surface area (Å²) in [5.41, 5.74) is 8.83. The first-order chi connectivity index (χ1) is 14.7. The van der Waals surface area contributed by atoms with E-state index in [1.165, 1.54) is 0 Å². The topological polar surface area (TPSA) is 59.0 Å². The molecule has 1 saturated heterocycles. The maximum atomic E-state index is 6.36. The lowest BCUT2D eigenvalue weighted by Gasteiger charge is -2.36. The molecule has 4 rings (SSSR count). The van der Waals surface area contributed by atoms with Crippen molar-refractivity contribution in [3.05, 3.63) is 58.3 Å². The van der Waals surface area contributed by atoms with Crippen LogP contribution in [0.15, 0.2) is 42.7 Å². The van der Waals surface area contributed by atoms with Gasteiger partial charge in [0.15, 0.2) is 0 Å². The summed E-state index contributed by atoms with van der Waals surface area (Å²) in [5, 5.41) is 5.55. The molecule has 0 amide bonds. The second kappa shape index (κ2) is 9.88. The molecule has 2 N–H and O–H groups in total. The second-order valence-corrected chi connectivity index (χ2v) is 8.31. The molecule has 8 heteroatoms. The molecule has 0 radical (unpaired) electrons. The molecule has 6 nitrogen and oxygen atoms in total. The molecule has 1 fully saturated rings. The lowest BCUT2D eigenvalue weighted by atomic mass is 10.2. The van der Waals surface area contributed by atoms with E-state index in [-0.39, 0.29) is 0 Å². The summed E-state index contributed by atoms with van der Waals surface area (Å²) in [4.78, 5) is 4.82. The number of piperazine rings is 1. The van der Waals surface area contributed by atoms with Crippen LogP contribution < -0.4 is 15.4 Å². The van der Waals surface area contributed by atoms with E-state index in [9.17, 15) is 0 Å². The van der Waals surface area contributed by atoms with Crippen molar-refractivity contribution in [2.45, 2.75) is 19.4 Å². The molecule has 0 bridgehead atoms. The van der Waals surface area contributed by atoms with Crippen LogP contribution in [0.2, 0.25) is 10.0 Å². The highest BCUT2D eigenvalue weighted by atomic mass is 35.5. The number of hydrogen-bond acceptors (Lipinski definition) is 5. The van der Waals surface area contributed by atoms with Crippen molar-refractivity contribution in [1.29, 1.82) is 0 Å². The number of hydrogen-bond donors (Lipinski definition) is 1. The Morgan fingerprint density at radius 3 is 2.70 bits per heavy atom. The first kappa shape index (κ1) is 21.2. The average molecular weight is 448 g/mol. The standard InChI is InChI=1S/C22H27Cl2N5O/c23-19-4-3-5-20(22(19)24)28-11-9-27(10-12-28)7-1-2-13-30-18-6-8-29-21(14-18)17(15-25)16-26-29/h3-6,8,14,16H,1-2,7,9-13,15,25H2. The third kappa shape index (κ3) is 4.83. The van der Waals surface area contributed by atoms with Crippen LogP contribution in [-0.4, -0.2) is 53.8 Å². The Labute approximate surface area is 187 Å². The van der Waals surface area contributed by atoms with Crippen LogP contribution in [0.3, 0.4) is 0 Å². The number of pyridine rings is 1. The van der Waals surface area contributed by atoms with Crippen molar-refractivity contribution in [2.24, 2.45) is 5.73 Å². The molecule has 0 atom stereocenters. The number of benzene rings is 1. The molecule has 0 aliphatic carbocycles. The van der Waals surface area contributed by atoms with Crippen molar-refractivity contribution in [2.75, 3.05) is 44.2 Å². The van der Waals surface area contributed by atoms with Gasteiger partial charge in [-0.1, -0.05) is 29.3 Å². The van der Waals surface area contributed by atoms with Crippen LogP contribution in [-0.2, 0) is 6.54 Å². The van der Waals surface area contributed by atoms with E-state index in [1.807, 2.05) is 41.0 Å². The number of anilines is 1. The number of fused-ring (bicyclic) bond motifs is 1. The van der Waals surface area contributed by atoms with Crippen LogP contribution in [0.4, 0.5) is 5.69 Å². The van der Waals surface area contributed by atoms with Crippen molar-refractivity contribution >= 4 is 34.4 Å². The lowest BCUT2D eigenvalue weighted by Crippen LogP contribution is -2.46. The van der Waals surface area contributed by atoms with Crippen molar-refractivity contribution in [3.63, 3.8) is 0 Å². The Morgan fingerprint density at radius 1 is 1.07 bits per heavy atom. The van der Waals surface area contributed by atoms with Gasteiger partial charge in [0.1, 0.15) is 5.75 Å². The van der Waals surface area contributed by atoms with E-state index < -0.39 is 0 Å². The van der Waals surface area contributed by atoms with Gasteiger partial charge in [-0.15, -0.1) is 0 Å². The number of aromatic nitrogens is 2. The fourth-order valence-corrected chi connectivity index (χ4v) is 4.25. The van der Waals surface area contributed by atoms with Crippen molar-refractivity contribution in [1.82, 2.24) is 14.5 Å². The summed E-state index contributed by atoms with van der Waals surface area (Å²) < 4.78 is 7.76. The second-order valence-electron chi connectivity index (χ2n) is 7.52. The fraction of sp³-hybridized carbons (Fsp3) is 0.409. The Balaban J connectivity index is 1.18. The van der Waals surface area contributed by atoms with E-state index in [0.29, 0.717) is 23.2 Å². The summed E-state index contributed by atoms with van der Waals surface area (Å²) in [6.45, 7) is 6.26. The predicted octanol–water partition coefficient (Wildman–Crippen LogP) is 4.08. The van der Waals surface area contributed by atoms with Gasteiger partial charge in [-0.05, 0) is 37.6 Å². The zero-order chi connectivity index (χ0) is 20.9. The van der Waals surface area contributed by atoms with Crippen molar-refractivity contribution in [3.8, 4) is 5.75 Å². The minimum absolute atomic E-state index is 0.476. The Morgan fingerprint density at radius 2 is 1.90 bits per heavy atom. The molecule has 3 aromatic rings. The molecule has 160 valence electrons. The molecule has 3 heterocycles. The van der Waals surface area contributed by atoms with Crippen LogP contribution in [0, 0.1) is 0 Å². The highest BCUT2D eigenvalue weighted by molar-refractivity contribution is 6.43. The predicted molar refractivity (Wildman–Crippen MR) is 123 cm³/mol. The van der Waals surface area contributed by atoms with Crippen LogP contribution in [0.1, 0.15) is 18.4 Å². The Kier molecular flexibility index (Phi) is 7.00. The maximum absolute atomic E-state index is 6.36. The van der Waals surface area contributed by atoms with Gasteiger partial charge in [0, 0.05) is 50.6 Å². The quantitative estimate of drug-likeness (QED) is 0.527. The molecule has 1 aliphatic rings. The molecule has 1 aliphatic heterocycles. The number of rotatable bonds is 8. The largest absolute Gasteiger partial charge is 0.493 e. The lowest BCUT2D eigenvalue weighted by molar-refractivity contribution is 0.238. The highest BCUT2D eigenvalue weighted by Crippen LogP contribution is 2.32. The van der Waals surface area contributed by atoms with E-state index in [1.54, 1.807) is 6.20 Å². The molecular weight excluding hydrogens is 421 g/mol. The molecule has 0 spiro atoms. The van der Waals surface area contributed by atoms with E-state index in [2.05, 4.69) is 14.9 Å². The number of nitrogens with two attached hydrogens (primary N) is 1. The Bertz CT molecular complexity index is 985. The molecule has 30 heavy (non-hydrogen) atoms. The number of nitrogens with zero attached hydrogens (tertiary/aromatic N) is 4. The van der Waals surface area contributed by atoms with E-state index >= 15 is 0 Å². The molecule has 2 aromatic heterocycles. The zero-order valence-electron chi connectivity index (χ0n) is 16.9. The summed E-state index contributed by atoms with van der Waals surface area (Å²) >= 11 is 12.5. The minimum atomic E-state index is 0.476. The molecule has 0 saturated carbocycles. The summed E-state index contributed by atoms with van der Waals surface area (Å²) in [6, 6.07) is 9.78. The molecular formula is C22H27Cl2N5O. The van der Waals surface area contributed by atoms with Gasteiger partial charge < -0.3 is 15.4 Å². The monoisotopic (exact) mass is 447 g/mol. The minimum Gasteiger partial charge on any atom is -0.493 e. The number of halogens is 2. The van der Waals surface area contributed by atoms with Gasteiger partial charge in [-0.25, -0.2) is 4.52 Å². The third-order valence-electron chi connectivity index (χ3n) is 5.57. The van der Waals surface area contributed by atoms with Gasteiger partial charge in [0.2, 0.25) is 0 Å². The molecule has 0 unspecified atom stereocenters. The summed E-state index contributed by atoms with van der Waals surface area (Å²) in [5.74, 6) is 0.865. The maximum Gasteiger partial charge on any atom is 0.122 e. The van der Waals surface area contributed by atoms with E-state index in [0.717, 1.165) is 68.1 Å². The fourth-order valence-electron chi connectivity index (χ4n) is 3.84. The summed E-state index contributed by atoms with van der Waals surface area (Å²) in [6.07, 6.45) is 5.85. The number of ether oxygens (including phenoxy) is 1. The summed E-state index contributed by atoms with van der Waals surface area (Å²) in [7, 11) is 0. The smallest absolute Gasteiger partial charge is 0.122 e. The first-order valence-electron chi connectivity index (χ1n) is 10.4. The number of unbranched alkanes of at least 4 members (excludes halogenated alkanes) is 1. The van der Waals surface area contributed by atoms with E-state index in [4.69, 9.17) is 33.7 Å². The Hall–Kier alpha value is -1.99. The van der Waals surface area contributed by atoms with Gasteiger partial charge >= 0.3 is 0 Å². The van der Waals surface area contributed by atoms with Gasteiger partial charge in [-0.2, -0.15) is 5.10 Å². The van der Waals surface area contributed by atoms with Gasteiger partial charge in [-0.3, -0.25) is 4.90 Å². The normalized spacial score (nSPS) is 15.1. The van der Waals surface area contributed by atoms with Crippen molar-refractivity contribution < 1.29 is 4.74 Å². The highest BCUT2D eigenvalue weighted by Gasteiger charge is 2.19. The zero-order valence-corrected chi connectivity index (χ0v) is 18.4.